The minimum Gasteiger partial charge on any atom is -0.347 e. The highest BCUT2D eigenvalue weighted by molar-refractivity contribution is 5.91. The first-order chi connectivity index (χ1) is 11.6. The van der Waals surface area contributed by atoms with Crippen molar-refractivity contribution in [2.45, 2.75) is 38.9 Å². The van der Waals surface area contributed by atoms with Gasteiger partial charge >= 0.3 is 0 Å². The van der Waals surface area contributed by atoms with Gasteiger partial charge in [-0.15, -0.1) is 5.10 Å². The first-order valence-corrected chi connectivity index (χ1v) is 8.13. The molecule has 0 aliphatic carbocycles. The maximum Gasteiger partial charge on any atom is 0.273 e. The van der Waals surface area contributed by atoms with Crippen LogP contribution in [0, 0.1) is 0 Å². The largest absolute Gasteiger partial charge is 0.347 e. The standard InChI is InChI=1S/C17H21N5O2/c1-13(23)22-9-5-8-15(22)11-21-12-16(19-20-21)17(24)18-10-14-6-3-2-4-7-14/h2-4,6-7,12,15H,5,8-11H2,1H3,(H,18,24)/t15-/m0/s1. The Hall–Kier alpha value is -2.70. The molecule has 1 atom stereocenters. The molecule has 1 fully saturated rings. The molecule has 2 amide bonds. The average Bonchev–Trinajstić information content (AvgIpc) is 3.23. The smallest absolute Gasteiger partial charge is 0.273 e. The van der Waals surface area contributed by atoms with Crippen LogP contribution in [0.4, 0.5) is 0 Å². The molecule has 0 bridgehead atoms. The highest BCUT2D eigenvalue weighted by atomic mass is 16.2. The zero-order chi connectivity index (χ0) is 16.9. The molecule has 1 aliphatic rings. The van der Waals surface area contributed by atoms with Gasteiger partial charge in [0.2, 0.25) is 5.91 Å². The Morgan fingerprint density at radius 2 is 2.08 bits per heavy atom. The predicted molar refractivity (Wildman–Crippen MR) is 88.0 cm³/mol. The lowest BCUT2D eigenvalue weighted by atomic mass is 10.2. The summed E-state index contributed by atoms with van der Waals surface area (Å²) < 4.78 is 1.64. The second-order valence-corrected chi connectivity index (χ2v) is 6.00. The molecule has 0 radical (unpaired) electrons. The van der Waals surface area contributed by atoms with E-state index in [-0.39, 0.29) is 17.9 Å². The van der Waals surface area contributed by atoms with Crippen molar-refractivity contribution < 1.29 is 9.59 Å². The Bertz CT molecular complexity index is 713. The summed E-state index contributed by atoms with van der Waals surface area (Å²) in [5, 5.41) is 10.8. The molecule has 2 aromatic rings. The van der Waals surface area contributed by atoms with Gasteiger partial charge in [-0.05, 0) is 18.4 Å². The van der Waals surface area contributed by atoms with Crippen molar-refractivity contribution in [2.24, 2.45) is 0 Å². The SMILES string of the molecule is CC(=O)N1CCC[C@H]1Cn1cc(C(=O)NCc2ccccc2)nn1. The summed E-state index contributed by atoms with van der Waals surface area (Å²) in [6.45, 7) is 3.40. The van der Waals surface area contributed by atoms with E-state index in [1.165, 1.54) is 0 Å². The lowest BCUT2D eigenvalue weighted by molar-refractivity contribution is -0.129. The van der Waals surface area contributed by atoms with E-state index >= 15 is 0 Å². The van der Waals surface area contributed by atoms with E-state index in [9.17, 15) is 9.59 Å². The van der Waals surface area contributed by atoms with Crippen molar-refractivity contribution in [2.75, 3.05) is 6.54 Å². The van der Waals surface area contributed by atoms with E-state index in [0.29, 0.717) is 18.8 Å². The van der Waals surface area contributed by atoms with Crippen LogP contribution in [0.25, 0.3) is 0 Å². The molecule has 7 nitrogen and oxygen atoms in total. The predicted octanol–water partition coefficient (Wildman–Crippen LogP) is 1.22. The molecule has 2 heterocycles. The van der Waals surface area contributed by atoms with Gasteiger partial charge in [-0.2, -0.15) is 0 Å². The maximum absolute atomic E-state index is 12.1. The molecular formula is C17H21N5O2. The summed E-state index contributed by atoms with van der Waals surface area (Å²) in [5.74, 6) is -0.168. The number of carbonyl (C=O) groups excluding carboxylic acids is 2. The van der Waals surface area contributed by atoms with Crippen molar-refractivity contribution in [3.63, 3.8) is 0 Å². The van der Waals surface area contributed by atoms with Crippen LogP contribution in [-0.4, -0.2) is 44.3 Å². The molecule has 126 valence electrons. The van der Waals surface area contributed by atoms with Gasteiger partial charge in [0.25, 0.3) is 5.91 Å². The molecule has 1 N–H and O–H groups in total. The second kappa shape index (κ2) is 7.25. The number of carbonyl (C=O) groups is 2. The van der Waals surface area contributed by atoms with Crippen LogP contribution in [0.1, 0.15) is 35.8 Å². The van der Waals surface area contributed by atoms with Crippen LogP contribution in [-0.2, 0) is 17.9 Å². The number of hydrogen-bond donors (Lipinski definition) is 1. The zero-order valence-corrected chi connectivity index (χ0v) is 13.7. The molecule has 1 aliphatic heterocycles. The molecule has 24 heavy (non-hydrogen) atoms. The Labute approximate surface area is 140 Å². The van der Waals surface area contributed by atoms with Crippen LogP contribution in [0.5, 0.6) is 0 Å². The fourth-order valence-electron chi connectivity index (χ4n) is 3.02. The molecule has 7 heteroatoms. The van der Waals surface area contributed by atoms with E-state index in [2.05, 4.69) is 15.6 Å². The lowest BCUT2D eigenvalue weighted by Crippen LogP contribution is -2.36. The Morgan fingerprint density at radius 3 is 2.83 bits per heavy atom. The minimum absolute atomic E-state index is 0.0819. The summed E-state index contributed by atoms with van der Waals surface area (Å²) in [4.78, 5) is 25.6. The fraction of sp³-hybridized carbons (Fsp3) is 0.412. The van der Waals surface area contributed by atoms with Gasteiger partial charge in [0.05, 0.1) is 18.8 Å². The van der Waals surface area contributed by atoms with Crippen molar-refractivity contribution in [3.8, 4) is 0 Å². The van der Waals surface area contributed by atoms with Crippen LogP contribution in [0.2, 0.25) is 0 Å². The Kier molecular flexibility index (Phi) is 4.88. The van der Waals surface area contributed by atoms with Gasteiger partial charge in [-0.25, -0.2) is 4.68 Å². The number of likely N-dealkylation sites (tertiary alicyclic amines) is 1. The highest BCUT2D eigenvalue weighted by Gasteiger charge is 2.27. The molecule has 0 spiro atoms. The van der Waals surface area contributed by atoms with Crippen LogP contribution >= 0.6 is 0 Å². The summed E-state index contributed by atoms with van der Waals surface area (Å²) in [7, 11) is 0. The number of nitrogens with zero attached hydrogens (tertiary/aromatic N) is 4. The Balaban J connectivity index is 1.57. The summed E-state index contributed by atoms with van der Waals surface area (Å²) in [6, 6.07) is 9.83. The zero-order valence-electron chi connectivity index (χ0n) is 13.7. The Morgan fingerprint density at radius 1 is 1.29 bits per heavy atom. The van der Waals surface area contributed by atoms with Crippen molar-refractivity contribution in [3.05, 3.63) is 47.8 Å². The van der Waals surface area contributed by atoms with Gasteiger partial charge in [-0.1, -0.05) is 35.5 Å². The summed E-state index contributed by atoms with van der Waals surface area (Å²) >= 11 is 0. The summed E-state index contributed by atoms with van der Waals surface area (Å²) in [5.41, 5.74) is 1.32. The van der Waals surface area contributed by atoms with E-state index < -0.39 is 0 Å². The number of aromatic nitrogens is 3. The maximum atomic E-state index is 12.1. The number of amides is 2. The molecule has 1 saturated heterocycles. The van der Waals surface area contributed by atoms with E-state index in [0.717, 1.165) is 24.9 Å². The monoisotopic (exact) mass is 327 g/mol. The lowest BCUT2D eigenvalue weighted by Gasteiger charge is -2.22. The molecule has 3 rings (SSSR count). The number of benzene rings is 1. The van der Waals surface area contributed by atoms with Crippen LogP contribution in [0.3, 0.4) is 0 Å². The van der Waals surface area contributed by atoms with E-state index in [4.69, 9.17) is 0 Å². The topological polar surface area (TPSA) is 80.1 Å². The third kappa shape index (κ3) is 3.79. The third-order valence-corrected chi connectivity index (χ3v) is 4.25. The first kappa shape index (κ1) is 16.2. The second-order valence-electron chi connectivity index (χ2n) is 6.00. The normalized spacial score (nSPS) is 17.0. The van der Waals surface area contributed by atoms with E-state index in [1.807, 2.05) is 35.2 Å². The van der Waals surface area contributed by atoms with Crippen molar-refractivity contribution in [1.82, 2.24) is 25.2 Å². The third-order valence-electron chi connectivity index (χ3n) is 4.25. The molecule has 1 aromatic carbocycles. The number of hydrogen-bond acceptors (Lipinski definition) is 4. The quantitative estimate of drug-likeness (QED) is 0.895. The molecule has 0 saturated carbocycles. The molecule has 0 unspecified atom stereocenters. The van der Waals surface area contributed by atoms with E-state index in [1.54, 1.807) is 17.8 Å². The minimum atomic E-state index is -0.250. The molecular weight excluding hydrogens is 306 g/mol. The highest BCUT2D eigenvalue weighted by Crippen LogP contribution is 2.18. The number of rotatable bonds is 5. The van der Waals surface area contributed by atoms with Crippen molar-refractivity contribution >= 4 is 11.8 Å². The van der Waals surface area contributed by atoms with Gasteiger partial charge in [-0.3, -0.25) is 9.59 Å². The van der Waals surface area contributed by atoms with Gasteiger partial charge in [0, 0.05) is 20.0 Å². The average molecular weight is 327 g/mol. The fourth-order valence-corrected chi connectivity index (χ4v) is 3.02. The van der Waals surface area contributed by atoms with Gasteiger partial charge < -0.3 is 10.2 Å². The van der Waals surface area contributed by atoms with Gasteiger partial charge in [0.1, 0.15) is 0 Å². The molecule has 1 aromatic heterocycles. The summed E-state index contributed by atoms with van der Waals surface area (Å²) in [6.07, 6.45) is 3.59. The van der Waals surface area contributed by atoms with Crippen molar-refractivity contribution in [1.29, 1.82) is 0 Å². The first-order valence-electron chi connectivity index (χ1n) is 8.13. The van der Waals surface area contributed by atoms with Crippen LogP contribution < -0.4 is 5.32 Å². The van der Waals surface area contributed by atoms with Crippen LogP contribution in [0.15, 0.2) is 36.5 Å². The van der Waals surface area contributed by atoms with Gasteiger partial charge in [0.15, 0.2) is 5.69 Å². The number of nitrogens with one attached hydrogen (secondary N) is 1.